The van der Waals surface area contributed by atoms with Gasteiger partial charge in [-0.2, -0.15) is 4.98 Å². The Kier molecular flexibility index (Phi) is 7.16. The third-order valence-corrected chi connectivity index (χ3v) is 8.01. The molecule has 0 aliphatic carbocycles. The molecule has 0 amide bonds. The van der Waals surface area contributed by atoms with E-state index in [4.69, 9.17) is 9.51 Å². The molecule has 10 heteroatoms. The molecule has 8 nitrogen and oxygen atoms in total. The largest absolute Gasteiger partial charge is 0.338 e. The molecule has 0 spiro atoms. The average molecular weight is 486 g/mol. The van der Waals surface area contributed by atoms with Gasteiger partial charge in [0.2, 0.25) is 15.9 Å². The molecule has 2 aromatic carbocycles. The summed E-state index contributed by atoms with van der Waals surface area (Å²) in [5, 5.41) is 4.90. The van der Waals surface area contributed by atoms with Crippen molar-refractivity contribution in [2.75, 3.05) is 14.1 Å². The molecule has 2 aromatic heterocycles. The van der Waals surface area contributed by atoms with Crippen LogP contribution in [0.4, 0.5) is 0 Å². The smallest absolute Gasteiger partial charge is 0.242 e. The number of fused-ring (bicyclic) bond motifs is 1. The summed E-state index contributed by atoms with van der Waals surface area (Å²) in [6.07, 6.45) is 2.66. The van der Waals surface area contributed by atoms with Crippen molar-refractivity contribution in [3.63, 3.8) is 0 Å². The maximum absolute atomic E-state index is 12.5. The first-order chi connectivity index (χ1) is 15.9. The lowest BCUT2D eigenvalue weighted by Gasteiger charge is -2.11. The van der Waals surface area contributed by atoms with Crippen molar-refractivity contribution in [2.24, 2.45) is 0 Å². The van der Waals surface area contributed by atoms with Crippen molar-refractivity contribution < 1.29 is 12.9 Å². The van der Waals surface area contributed by atoms with E-state index in [1.54, 1.807) is 12.1 Å². The van der Waals surface area contributed by atoms with Crippen LogP contribution in [0.25, 0.3) is 11.0 Å². The summed E-state index contributed by atoms with van der Waals surface area (Å²) >= 11 is 1.51. The number of hydrogen-bond acceptors (Lipinski definition) is 7. The van der Waals surface area contributed by atoms with Gasteiger partial charge < -0.3 is 9.09 Å². The Bertz CT molecular complexity index is 1330. The minimum atomic E-state index is -3.52. The van der Waals surface area contributed by atoms with Crippen molar-refractivity contribution in [3.05, 3.63) is 65.8 Å². The third kappa shape index (κ3) is 5.29. The summed E-state index contributed by atoms with van der Waals surface area (Å²) < 4.78 is 33.9. The number of nitrogens with zero attached hydrogens (tertiary/aromatic N) is 5. The van der Waals surface area contributed by atoms with E-state index in [1.807, 2.05) is 36.4 Å². The van der Waals surface area contributed by atoms with E-state index < -0.39 is 10.0 Å². The van der Waals surface area contributed by atoms with Crippen molar-refractivity contribution in [1.82, 2.24) is 24.0 Å². The molecule has 0 saturated heterocycles. The van der Waals surface area contributed by atoms with E-state index in [9.17, 15) is 8.42 Å². The quantitative estimate of drug-likeness (QED) is 0.308. The van der Waals surface area contributed by atoms with Crippen molar-refractivity contribution >= 4 is 32.8 Å². The standard InChI is InChI=1S/C23H27N5O3S2/c1-4-5-13-28-20-12-11-18(33(29,30)27(2)3)15-19(20)24-23(28)32-16-22-25-21(26-31-22)14-17-9-7-6-8-10-17/h6-12,15H,4-5,13-14,16H2,1-3H3. The molecule has 0 fully saturated rings. The zero-order chi connectivity index (χ0) is 23.4. The maximum Gasteiger partial charge on any atom is 0.242 e. The monoisotopic (exact) mass is 485 g/mol. The average Bonchev–Trinajstić information content (AvgIpc) is 3.40. The number of aryl methyl sites for hydroxylation is 1. The molecule has 0 radical (unpaired) electrons. The zero-order valence-electron chi connectivity index (χ0n) is 18.9. The fraction of sp³-hybridized carbons (Fsp3) is 0.348. The minimum absolute atomic E-state index is 0.235. The number of unbranched alkanes of at least 4 members (excludes halogenated alkanes) is 1. The van der Waals surface area contributed by atoms with Crippen LogP contribution in [0.15, 0.2) is 63.1 Å². The summed E-state index contributed by atoms with van der Waals surface area (Å²) in [5.41, 5.74) is 2.70. The normalized spacial score (nSPS) is 12.1. The minimum Gasteiger partial charge on any atom is -0.338 e. The zero-order valence-corrected chi connectivity index (χ0v) is 20.6. The lowest BCUT2D eigenvalue weighted by Crippen LogP contribution is -2.22. The summed E-state index contributed by atoms with van der Waals surface area (Å²) in [5.74, 6) is 1.67. The van der Waals surface area contributed by atoms with Gasteiger partial charge in [-0.3, -0.25) is 0 Å². The number of imidazole rings is 1. The van der Waals surface area contributed by atoms with Gasteiger partial charge in [0.05, 0.1) is 21.7 Å². The first-order valence-corrected chi connectivity index (χ1v) is 13.2. The van der Waals surface area contributed by atoms with Crippen LogP contribution in [-0.2, 0) is 28.7 Å². The molecule has 4 rings (SSSR count). The van der Waals surface area contributed by atoms with Crippen LogP contribution < -0.4 is 0 Å². The van der Waals surface area contributed by atoms with Crippen molar-refractivity contribution in [1.29, 1.82) is 0 Å². The topological polar surface area (TPSA) is 94.1 Å². The Morgan fingerprint density at radius 1 is 1.09 bits per heavy atom. The fourth-order valence-electron chi connectivity index (χ4n) is 3.43. The van der Waals surface area contributed by atoms with Crippen molar-refractivity contribution in [2.45, 2.75) is 48.5 Å². The van der Waals surface area contributed by atoms with Crippen LogP contribution in [0.2, 0.25) is 0 Å². The summed E-state index contributed by atoms with van der Waals surface area (Å²) in [6, 6.07) is 15.1. The van der Waals surface area contributed by atoms with E-state index in [-0.39, 0.29) is 4.90 Å². The SMILES string of the molecule is CCCCn1c(SCc2nc(Cc3ccccc3)no2)nc2cc(S(=O)(=O)N(C)C)ccc21. The van der Waals surface area contributed by atoms with Crippen LogP contribution in [0, 0.1) is 0 Å². The maximum atomic E-state index is 12.5. The van der Waals surface area contributed by atoms with Crippen LogP contribution in [0.1, 0.15) is 37.0 Å². The van der Waals surface area contributed by atoms with E-state index in [1.165, 1.54) is 30.2 Å². The molecule has 0 aliphatic heterocycles. The van der Waals surface area contributed by atoms with Crippen LogP contribution in [0.5, 0.6) is 0 Å². The molecule has 0 bridgehead atoms. The first kappa shape index (κ1) is 23.5. The highest BCUT2D eigenvalue weighted by molar-refractivity contribution is 7.98. The van der Waals surface area contributed by atoms with E-state index >= 15 is 0 Å². The van der Waals surface area contributed by atoms with Gasteiger partial charge in [-0.05, 0) is 30.2 Å². The Balaban J connectivity index is 1.56. The first-order valence-electron chi connectivity index (χ1n) is 10.8. The van der Waals surface area contributed by atoms with Gasteiger partial charge in [0, 0.05) is 27.1 Å². The van der Waals surface area contributed by atoms with E-state index in [0.717, 1.165) is 35.6 Å². The third-order valence-electron chi connectivity index (χ3n) is 5.24. The van der Waals surface area contributed by atoms with Crippen LogP contribution >= 0.6 is 11.8 Å². The number of rotatable bonds is 10. The summed E-state index contributed by atoms with van der Waals surface area (Å²) in [6.45, 7) is 2.94. The van der Waals surface area contributed by atoms with E-state index in [2.05, 4.69) is 21.6 Å². The van der Waals surface area contributed by atoms with Crippen LogP contribution in [0.3, 0.4) is 0 Å². The predicted octanol–water partition coefficient (Wildman–Crippen LogP) is 4.35. The lowest BCUT2D eigenvalue weighted by atomic mass is 10.1. The van der Waals surface area contributed by atoms with Crippen LogP contribution in [-0.4, -0.2) is 46.5 Å². The number of hydrogen-bond donors (Lipinski definition) is 0. The molecule has 174 valence electrons. The second-order valence-corrected chi connectivity index (χ2v) is 11.0. The van der Waals surface area contributed by atoms with Gasteiger partial charge in [-0.15, -0.1) is 0 Å². The Morgan fingerprint density at radius 3 is 2.61 bits per heavy atom. The molecule has 2 heterocycles. The molecule has 0 aliphatic rings. The molecule has 0 N–H and O–H groups in total. The molecule has 33 heavy (non-hydrogen) atoms. The highest BCUT2D eigenvalue weighted by Crippen LogP contribution is 2.29. The lowest BCUT2D eigenvalue weighted by molar-refractivity contribution is 0.385. The highest BCUT2D eigenvalue weighted by Gasteiger charge is 2.20. The summed E-state index contributed by atoms with van der Waals surface area (Å²) in [4.78, 5) is 9.49. The van der Waals surface area contributed by atoms with Gasteiger partial charge >= 0.3 is 0 Å². The second-order valence-electron chi connectivity index (χ2n) is 7.89. The molecule has 0 saturated carbocycles. The molecular formula is C23H27N5O3S2. The molecule has 0 unspecified atom stereocenters. The fourth-order valence-corrected chi connectivity index (χ4v) is 5.23. The number of thioether (sulfide) groups is 1. The Morgan fingerprint density at radius 2 is 1.88 bits per heavy atom. The van der Waals surface area contributed by atoms with Gasteiger partial charge in [-0.25, -0.2) is 17.7 Å². The Hall–Kier alpha value is -2.69. The Labute approximate surface area is 198 Å². The number of aromatic nitrogens is 4. The molecule has 4 aromatic rings. The van der Waals surface area contributed by atoms with Gasteiger partial charge in [0.25, 0.3) is 0 Å². The van der Waals surface area contributed by atoms with Crippen molar-refractivity contribution in [3.8, 4) is 0 Å². The number of benzene rings is 2. The summed E-state index contributed by atoms with van der Waals surface area (Å²) in [7, 11) is -0.473. The molecule has 0 atom stereocenters. The second kappa shape index (κ2) is 10.1. The molecular weight excluding hydrogens is 458 g/mol. The predicted molar refractivity (Wildman–Crippen MR) is 129 cm³/mol. The van der Waals surface area contributed by atoms with Gasteiger partial charge in [-0.1, -0.05) is 60.6 Å². The van der Waals surface area contributed by atoms with Gasteiger partial charge in [0.15, 0.2) is 11.0 Å². The number of sulfonamides is 1. The van der Waals surface area contributed by atoms with Gasteiger partial charge in [0.1, 0.15) is 0 Å². The highest BCUT2D eigenvalue weighted by atomic mass is 32.2. The van der Waals surface area contributed by atoms with E-state index in [0.29, 0.717) is 29.4 Å².